The summed E-state index contributed by atoms with van der Waals surface area (Å²) in [6.07, 6.45) is 0.727. The first-order valence-electron chi connectivity index (χ1n) is 8.34. The average molecular weight is 355 g/mol. The van der Waals surface area contributed by atoms with Crippen LogP contribution in [0.5, 0.6) is 0 Å². The molecule has 24 heavy (non-hydrogen) atoms. The van der Waals surface area contributed by atoms with E-state index in [1.165, 1.54) is 9.87 Å². The summed E-state index contributed by atoms with van der Waals surface area (Å²) in [6, 6.07) is 10.3. The van der Waals surface area contributed by atoms with Gasteiger partial charge in [-0.25, -0.2) is 12.7 Å². The standard InChI is InChI=1S/C17H30N4O2S/c1-5-24(22,23)21(4)13-9-12-19-17(18-3)20-14-15(2)16-10-7-6-8-11-16/h6-8,10-11,15H,5,9,12-14H2,1-4H3,(H2,18,19,20). The van der Waals surface area contributed by atoms with Crippen LogP contribution in [-0.4, -0.2) is 58.2 Å². The maximum Gasteiger partial charge on any atom is 0.213 e. The fraction of sp³-hybridized carbons (Fsp3) is 0.588. The summed E-state index contributed by atoms with van der Waals surface area (Å²) in [7, 11) is 0.254. The van der Waals surface area contributed by atoms with Gasteiger partial charge in [0.15, 0.2) is 5.96 Å². The van der Waals surface area contributed by atoms with Crippen LogP contribution in [0.1, 0.15) is 31.7 Å². The highest BCUT2D eigenvalue weighted by Crippen LogP contribution is 2.12. The molecule has 0 saturated heterocycles. The predicted molar refractivity (Wildman–Crippen MR) is 101 cm³/mol. The Labute approximate surface area is 146 Å². The SMILES string of the molecule is CCS(=O)(=O)N(C)CCCNC(=NC)NCC(C)c1ccccc1. The molecular formula is C17H30N4O2S. The minimum absolute atomic E-state index is 0.136. The Morgan fingerprint density at radius 3 is 2.50 bits per heavy atom. The summed E-state index contributed by atoms with van der Waals surface area (Å²) < 4.78 is 24.7. The van der Waals surface area contributed by atoms with E-state index >= 15 is 0 Å². The average Bonchev–Trinajstić information content (AvgIpc) is 2.61. The molecule has 0 amide bonds. The van der Waals surface area contributed by atoms with E-state index in [4.69, 9.17) is 0 Å². The summed E-state index contributed by atoms with van der Waals surface area (Å²) in [5.41, 5.74) is 1.28. The van der Waals surface area contributed by atoms with Gasteiger partial charge in [-0.05, 0) is 24.8 Å². The summed E-state index contributed by atoms with van der Waals surface area (Å²) in [5.74, 6) is 1.25. The highest BCUT2D eigenvalue weighted by Gasteiger charge is 2.14. The molecule has 1 atom stereocenters. The number of nitrogens with zero attached hydrogens (tertiary/aromatic N) is 2. The van der Waals surface area contributed by atoms with Crippen LogP contribution in [0.2, 0.25) is 0 Å². The van der Waals surface area contributed by atoms with Gasteiger partial charge in [0.2, 0.25) is 10.0 Å². The van der Waals surface area contributed by atoms with E-state index in [1.54, 1.807) is 21.0 Å². The van der Waals surface area contributed by atoms with Crippen LogP contribution in [0, 0.1) is 0 Å². The third-order valence-corrected chi connectivity index (χ3v) is 5.81. The second-order valence-corrected chi connectivity index (χ2v) is 8.13. The van der Waals surface area contributed by atoms with Gasteiger partial charge in [0, 0.05) is 33.7 Å². The molecule has 1 rings (SSSR count). The van der Waals surface area contributed by atoms with E-state index in [-0.39, 0.29) is 5.75 Å². The lowest BCUT2D eigenvalue weighted by molar-refractivity contribution is 0.461. The lowest BCUT2D eigenvalue weighted by Crippen LogP contribution is -2.40. The van der Waals surface area contributed by atoms with E-state index < -0.39 is 10.0 Å². The number of nitrogens with one attached hydrogen (secondary N) is 2. The number of hydrogen-bond donors (Lipinski definition) is 2. The van der Waals surface area contributed by atoms with E-state index in [2.05, 4.69) is 34.7 Å². The molecule has 0 aromatic heterocycles. The predicted octanol–water partition coefficient (Wildman–Crippen LogP) is 1.63. The Hall–Kier alpha value is -1.60. The van der Waals surface area contributed by atoms with Gasteiger partial charge in [0.1, 0.15) is 0 Å². The molecule has 1 unspecified atom stereocenters. The minimum atomic E-state index is -3.10. The van der Waals surface area contributed by atoms with Crippen molar-refractivity contribution in [1.82, 2.24) is 14.9 Å². The molecular weight excluding hydrogens is 324 g/mol. The fourth-order valence-electron chi connectivity index (χ4n) is 2.24. The number of benzene rings is 1. The van der Waals surface area contributed by atoms with Gasteiger partial charge in [-0.2, -0.15) is 0 Å². The Morgan fingerprint density at radius 1 is 1.25 bits per heavy atom. The van der Waals surface area contributed by atoms with Gasteiger partial charge in [0.25, 0.3) is 0 Å². The second-order valence-electron chi connectivity index (χ2n) is 5.77. The molecule has 0 aliphatic carbocycles. The van der Waals surface area contributed by atoms with E-state index in [0.29, 0.717) is 19.0 Å². The van der Waals surface area contributed by atoms with Crippen molar-refractivity contribution in [2.24, 2.45) is 4.99 Å². The van der Waals surface area contributed by atoms with Gasteiger partial charge in [-0.15, -0.1) is 0 Å². The summed E-state index contributed by atoms with van der Waals surface area (Å²) >= 11 is 0. The van der Waals surface area contributed by atoms with Crippen molar-refractivity contribution in [2.45, 2.75) is 26.2 Å². The lowest BCUT2D eigenvalue weighted by atomic mass is 10.0. The molecule has 0 spiro atoms. The molecule has 0 bridgehead atoms. The molecule has 0 saturated carbocycles. The van der Waals surface area contributed by atoms with E-state index in [9.17, 15) is 8.42 Å². The van der Waals surface area contributed by atoms with Crippen LogP contribution in [0.15, 0.2) is 35.3 Å². The molecule has 1 aromatic rings. The van der Waals surface area contributed by atoms with Gasteiger partial charge in [-0.3, -0.25) is 4.99 Å². The summed E-state index contributed by atoms with van der Waals surface area (Å²) in [6.45, 7) is 5.78. The Kier molecular flexibility index (Phi) is 8.78. The van der Waals surface area contributed by atoms with Crippen molar-refractivity contribution < 1.29 is 8.42 Å². The molecule has 0 radical (unpaired) electrons. The van der Waals surface area contributed by atoms with Crippen LogP contribution in [-0.2, 0) is 10.0 Å². The third-order valence-electron chi connectivity index (χ3n) is 3.95. The molecule has 0 heterocycles. The molecule has 0 aliphatic rings. The zero-order valence-corrected chi connectivity index (χ0v) is 15.9. The molecule has 6 nitrogen and oxygen atoms in total. The number of guanidine groups is 1. The van der Waals surface area contributed by atoms with Crippen molar-refractivity contribution in [3.05, 3.63) is 35.9 Å². The lowest BCUT2D eigenvalue weighted by Gasteiger charge is -2.18. The first-order valence-corrected chi connectivity index (χ1v) is 9.95. The van der Waals surface area contributed by atoms with Gasteiger partial charge in [-0.1, -0.05) is 37.3 Å². The summed E-state index contributed by atoms with van der Waals surface area (Å²) in [4.78, 5) is 4.20. The highest BCUT2D eigenvalue weighted by atomic mass is 32.2. The van der Waals surface area contributed by atoms with Crippen molar-refractivity contribution in [2.75, 3.05) is 39.5 Å². The number of hydrogen-bond acceptors (Lipinski definition) is 3. The minimum Gasteiger partial charge on any atom is -0.356 e. The van der Waals surface area contributed by atoms with Crippen molar-refractivity contribution >= 4 is 16.0 Å². The normalized spacial score (nSPS) is 13.8. The van der Waals surface area contributed by atoms with Crippen molar-refractivity contribution in [1.29, 1.82) is 0 Å². The molecule has 2 N–H and O–H groups in total. The third kappa shape index (κ3) is 6.88. The maximum absolute atomic E-state index is 11.7. The van der Waals surface area contributed by atoms with Gasteiger partial charge in [0.05, 0.1) is 5.75 Å². The first-order chi connectivity index (χ1) is 11.4. The quantitative estimate of drug-likeness (QED) is 0.402. The second kappa shape index (κ2) is 10.3. The van der Waals surface area contributed by atoms with Crippen LogP contribution in [0.25, 0.3) is 0 Å². The van der Waals surface area contributed by atoms with Gasteiger partial charge >= 0.3 is 0 Å². The smallest absolute Gasteiger partial charge is 0.213 e. The zero-order valence-electron chi connectivity index (χ0n) is 15.1. The van der Waals surface area contributed by atoms with E-state index in [0.717, 1.165) is 18.9 Å². The van der Waals surface area contributed by atoms with Crippen LogP contribution < -0.4 is 10.6 Å². The monoisotopic (exact) mass is 354 g/mol. The largest absolute Gasteiger partial charge is 0.356 e. The van der Waals surface area contributed by atoms with Crippen LogP contribution in [0.3, 0.4) is 0 Å². The zero-order chi connectivity index (χ0) is 18.0. The van der Waals surface area contributed by atoms with Crippen molar-refractivity contribution in [3.8, 4) is 0 Å². The first kappa shape index (κ1) is 20.4. The van der Waals surface area contributed by atoms with Crippen LogP contribution in [0.4, 0.5) is 0 Å². The summed E-state index contributed by atoms with van der Waals surface area (Å²) in [5, 5.41) is 6.52. The van der Waals surface area contributed by atoms with Crippen molar-refractivity contribution in [3.63, 3.8) is 0 Å². The Balaban J connectivity index is 2.31. The van der Waals surface area contributed by atoms with Crippen LogP contribution >= 0.6 is 0 Å². The Bertz CT molecular complexity index is 602. The highest BCUT2D eigenvalue weighted by molar-refractivity contribution is 7.89. The number of rotatable bonds is 9. The van der Waals surface area contributed by atoms with E-state index in [1.807, 2.05) is 18.2 Å². The molecule has 0 fully saturated rings. The topological polar surface area (TPSA) is 73.8 Å². The number of aliphatic imine (C=N–C) groups is 1. The molecule has 1 aromatic carbocycles. The van der Waals surface area contributed by atoms with Gasteiger partial charge < -0.3 is 10.6 Å². The number of sulfonamides is 1. The molecule has 7 heteroatoms. The maximum atomic E-state index is 11.7. The fourth-order valence-corrected chi connectivity index (χ4v) is 3.09. The molecule has 0 aliphatic heterocycles. The Morgan fingerprint density at radius 2 is 1.92 bits per heavy atom. The molecule has 136 valence electrons.